The summed E-state index contributed by atoms with van der Waals surface area (Å²) in [5.41, 5.74) is 1.42. The van der Waals surface area contributed by atoms with Crippen molar-refractivity contribution in [2.75, 3.05) is 0 Å². The molecule has 0 aromatic carbocycles. The first-order chi connectivity index (χ1) is 4.20. The normalized spacial score (nSPS) is 10.0. The number of allylic oxidation sites excluding steroid dienone is 4. The van der Waals surface area contributed by atoms with E-state index in [1.165, 1.54) is 6.08 Å². The Hall–Kier alpha value is -1.29. The lowest BCUT2D eigenvalue weighted by Crippen LogP contribution is -1.70. The van der Waals surface area contributed by atoms with E-state index >= 15 is 0 Å². The van der Waals surface area contributed by atoms with Crippen LogP contribution in [-0.2, 0) is 0 Å². The minimum Gasteiger partial charge on any atom is -0.192 e. The highest BCUT2D eigenvalue weighted by Crippen LogP contribution is 1.98. The quantitative estimate of drug-likeness (QED) is 0.404. The number of hydrogen-bond donors (Lipinski definition) is 0. The summed E-state index contributed by atoms with van der Waals surface area (Å²) < 4.78 is 0. The van der Waals surface area contributed by atoms with Crippen LogP contribution in [0.3, 0.4) is 0 Å². The highest BCUT2D eigenvalue weighted by atomic mass is 14.2. The monoisotopic (exact) mass is 119 g/mol. The molecule has 0 aliphatic rings. The second-order valence-electron chi connectivity index (χ2n) is 1.76. The molecule has 0 saturated carbocycles. The zero-order valence-electron chi connectivity index (χ0n) is 5.52. The van der Waals surface area contributed by atoms with E-state index in [2.05, 4.69) is 13.2 Å². The number of hydrogen-bond acceptors (Lipinski definition) is 1. The zero-order valence-corrected chi connectivity index (χ0v) is 5.52. The van der Waals surface area contributed by atoms with E-state index in [-0.39, 0.29) is 0 Å². The SMILES string of the molecule is C=C/C(C#N)=C\C(=C)C. The summed E-state index contributed by atoms with van der Waals surface area (Å²) in [7, 11) is 0. The van der Waals surface area contributed by atoms with Crippen molar-refractivity contribution in [3.05, 3.63) is 36.5 Å². The van der Waals surface area contributed by atoms with Gasteiger partial charge in [0.1, 0.15) is 0 Å². The molecule has 1 nitrogen and oxygen atoms in total. The van der Waals surface area contributed by atoms with Crippen molar-refractivity contribution >= 4 is 0 Å². The molecule has 0 amide bonds. The summed E-state index contributed by atoms with van der Waals surface area (Å²) >= 11 is 0. The van der Waals surface area contributed by atoms with Crippen LogP contribution in [0.2, 0.25) is 0 Å². The van der Waals surface area contributed by atoms with Crippen LogP contribution in [0, 0.1) is 11.3 Å². The van der Waals surface area contributed by atoms with Crippen LogP contribution in [0.15, 0.2) is 36.5 Å². The van der Waals surface area contributed by atoms with Gasteiger partial charge < -0.3 is 0 Å². The van der Waals surface area contributed by atoms with Gasteiger partial charge in [0.2, 0.25) is 0 Å². The van der Waals surface area contributed by atoms with Gasteiger partial charge in [-0.1, -0.05) is 24.8 Å². The molecule has 0 radical (unpaired) electrons. The third-order valence-electron chi connectivity index (χ3n) is 0.751. The molecule has 0 atom stereocenters. The molecule has 0 fully saturated rings. The maximum absolute atomic E-state index is 8.34. The molecule has 0 aliphatic heterocycles. The van der Waals surface area contributed by atoms with Crippen LogP contribution in [-0.4, -0.2) is 0 Å². The van der Waals surface area contributed by atoms with Crippen LogP contribution < -0.4 is 0 Å². The third-order valence-corrected chi connectivity index (χ3v) is 0.751. The van der Waals surface area contributed by atoms with E-state index in [1.807, 2.05) is 13.0 Å². The van der Waals surface area contributed by atoms with Gasteiger partial charge in [-0.2, -0.15) is 5.26 Å². The highest BCUT2D eigenvalue weighted by Gasteiger charge is 1.83. The van der Waals surface area contributed by atoms with Crippen LogP contribution in [0.25, 0.3) is 0 Å². The Balaban J connectivity index is 4.30. The predicted octanol–water partition coefficient (Wildman–Crippen LogP) is 2.20. The molecule has 0 aromatic heterocycles. The third kappa shape index (κ3) is 3.31. The summed E-state index contributed by atoms with van der Waals surface area (Å²) in [6.45, 7) is 8.90. The van der Waals surface area contributed by atoms with Gasteiger partial charge in [-0.05, 0) is 13.0 Å². The fraction of sp³-hybridized carbons (Fsp3) is 0.125. The number of nitriles is 1. The van der Waals surface area contributed by atoms with E-state index in [9.17, 15) is 0 Å². The van der Waals surface area contributed by atoms with E-state index in [0.717, 1.165) is 5.57 Å². The van der Waals surface area contributed by atoms with Crippen molar-refractivity contribution in [3.8, 4) is 6.07 Å². The van der Waals surface area contributed by atoms with Crippen LogP contribution in [0.5, 0.6) is 0 Å². The van der Waals surface area contributed by atoms with E-state index < -0.39 is 0 Å². The van der Waals surface area contributed by atoms with Crippen molar-refractivity contribution < 1.29 is 0 Å². The molecule has 0 unspecified atom stereocenters. The molecular formula is C8H9N. The van der Waals surface area contributed by atoms with E-state index in [1.54, 1.807) is 6.08 Å². The van der Waals surface area contributed by atoms with Gasteiger partial charge in [0.05, 0.1) is 11.6 Å². The van der Waals surface area contributed by atoms with Gasteiger partial charge in [-0.15, -0.1) is 0 Å². The molecule has 0 N–H and O–H groups in total. The molecule has 0 saturated heterocycles. The fourth-order valence-electron chi connectivity index (χ4n) is 0.402. The van der Waals surface area contributed by atoms with Gasteiger partial charge in [0.15, 0.2) is 0 Å². The summed E-state index contributed by atoms with van der Waals surface area (Å²) in [5.74, 6) is 0. The Morgan fingerprint density at radius 3 is 2.33 bits per heavy atom. The summed E-state index contributed by atoms with van der Waals surface area (Å²) in [4.78, 5) is 0. The molecule has 0 aliphatic carbocycles. The van der Waals surface area contributed by atoms with Gasteiger partial charge in [0.25, 0.3) is 0 Å². The van der Waals surface area contributed by atoms with Crippen LogP contribution >= 0.6 is 0 Å². The Morgan fingerprint density at radius 1 is 1.67 bits per heavy atom. The molecule has 0 rings (SSSR count). The Morgan fingerprint density at radius 2 is 2.22 bits per heavy atom. The van der Waals surface area contributed by atoms with E-state index in [0.29, 0.717) is 5.57 Å². The van der Waals surface area contributed by atoms with Crippen molar-refractivity contribution in [2.45, 2.75) is 6.92 Å². The standard InChI is InChI=1S/C8H9N/c1-4-8(6-9)5-7(2)3/h4-5H,1-2H2,3H3/b8-5+. The maximum atomic E-state index is 8.34. The van der Waals surface area contributed by atoms with Gasteiger partial charge >= 0.3 is 0 Å². The average molecular weight is 119 g/mol. The minimum atomic E-state index is 0.558. The Labute approximate surface area is 55.6 Å². The summed E-state index contributed by atoms with van der Waals surface area (Å²) in [6.07, 6.45) is 3.20. The largest absolute Gasteiger partial charge is 0.192 e. The highest BCUT2D eigenvalue weighted by molar-refractivity contribution is 5.36. The minimum absolute atomic E-state index is 0.558. The molecule has 0 spiro atoms. The Bertz CT molecular complexity index is 191. The predicted molar refractivity (Wildman–Crippen MR) is 38.7 cm³/mol. The molecule has 0 aromatic rings. The van der Waals surface area contributed by atoms with Gasteiger partial charge in [-0.3, -0.25) is 0 Å². The second kappa shape index (κ2) is 3.68. The lowest BCUT2D eigenvalue weighted by atomic mass is 10.2. The molecule has 46 valence electrons. The average Bonchev–Trinajstić information content (AvgIpc) is 1.82. The van der Waals surface area contributed by atoms with Gasteiger partial charge in [0, 0.05) is 0 Å². The van der Waals surface area contributed by atoms with Crippen molar-refractivity contribution in [3.63, 3.8) is 0 Å². The van der Waals surface area contributed by atoms with E-state index in [4.69, 9.17) is 5.26 Å². The molecule has 9 heavy (non-hydrogen) atoms. The first-order valence-corrected chi connectivity index (χ1v) is 2.60. The summed E-state index contributed by atoms with van der Waals surface area (Å²) in [5, 5.41) is 8.34. The van der Waals surface area contributed by atoms with Crippen LogP contribution in [0.4, 0.5) is 0 Å². The first kappa shape index (κ1) is 7.71. The number of nitrogens with zero attached hydrogens (tertiary/aromatic N) is 1. The Kier molecular flexibility index (Phi) is 3.15. The lowest BCUT2D eigenvalue weighted by molar-refractivity contribution is 1.47. The molecule has 0 bridgehead atoms. The second-order valence-corrected chi connectivity index (χ2v) is 1.76. The lowest BCUT2D eigenvalue weighted by Gasteiger charge is -1.85. The summed E-state index contributed by atoms with van der Waals surface area (Å²) in [6, 6.07) is 1.97. The maximum Gasteiger partial charge on any atom is 0.0991 e. The number of rotatable bonds is 2. The van der Waals surface area contributed by atoms with Crippen molar-refractivity contribution in [1.29, 1.82) is 5.26 Å². The first-order valence-electron chi connectivity index (χ1n) is 2.60. The van der Waals surface area contributed by atoms with Gasteiger partial charge in [-0.25, -0.2) is 0 Å². The van der Waals surface area contributed by atoms with Crippen LogP contribution in [0.1, 0.15) is 6.92 Å². The zero-order chi connectivity index (χ0) is 7.28. The fourth-order valence-corrected chi connectivity index (χ4v) is 0.402. The topological polar surface area (TPSA) is 23.8 Å². The molecular weight excluding hydrogens is 110 g/mol. The van der Waals surface area contributed by atoms with Crippen molar-refractivity contribution in [2.24, 2.45) is 0 Å². The van der Waals surface area contributed by atoms with Crippen molar-refractivity contribution in [1.82, 2.24) is 0 Å². The molecule has 0 heterocycles. The molecule has 1 heteroatoms. The smallest absolute Gasteiger partial charge is 0.0991 e.